The van der Waals surface area contributed by atoms with Crippen molar-refractivity contribution < 1.29 is 10.2 Å². The van der Waals surface area contributed by atoms with Crippen molar-refractivity contribution in [3.8, 4) is 11.5 Å². The monoisotopic (exact) mass is 494 g/mol. The number of unbranched alkanes of at least 4 members (excludes halogenated alkanes) is 4. The lowest BCUT2D eigenvalue weighted by atomic mass is 10.1. The van der Waals surface area contributed by atoms with Gasteiger partial charge in [-0.15, -0.1) is 0 Å². The van der Waals surface area contributed by atoms with E-state index in [1.54, 1.807) is 12.4 Å². The first kappa shape index (κ1) is 29.2. The largest absolute Gasteiger partial charge is 0.507 e. The second-order valence-corrected chi connectivity index (χ2v) is 9.36. The van der Waals surface area contributed by atoms with E-state index in [0.29, 0.717) is 11.1 Å². The van der Waals surface area contributed by atoms with Crippen molar-refractivity contribution in [2.75, 3.05) is 36.0 Å². The Morgan fingerprint density at radius 3 is 1.19 bits per heavy atom. The summed E-state index contributed by atoms with van der Waals surface area (Å²) in [6.45, 7) is 12.7. The number of aromatic hydroxyl groups is 2. The molecule has 198 valence electrons. The van der Waals surface area contributed by atoms with Crippen molar-refractivity contribution in [3.05, 3.63) is 47.5 Å². The highest BCUT2D eigenvalue weighted by Gasteiger charge is 2.10. The molecule has 36 heavy (non-hydrogen) atoms. The van der Waals surface area contributed by atoms with Gasteiger partial charge in [0.1, 0.15) is 11.5 Å². The molecule has 0 atom stereocenters. The molecule has 0 fully saturated rings. The van der Waals surface area contributed by atoms with Crippen molar-refractivity contribution in [1.29, 1.82) is 0 Å². The Hall–Kier alpha value is -3.02. The molecule has 0 unspecified atom stereocenters. The maximum Gasteiger partial charge on any atom is 0.126 e. The zero-order valence-electron chi connectivity index (χ0n) is 22.8. The van der Waals surface area contributed by atoms with E-state index in [9.17, 15) is 10.2 Å². The standard InChI is InChI=1S/C30H46N4O2/c1-5-9-17-33(18-10-6-2)27-15-13-25(29(35)21-27)23-31-32-24-26-14-16-28(22-30(26)36)34(19-11-7-3)20-12-8-4/h13-16,21-24,35-36H,5-12,17-20H2,1-4H3/b31-23+,32-24+. The van der Waals surface area contributed by atoms with Crippen molar-refractivity contribution in [3.63, 3.8) is 0 Å². The van der Waals surface area contributed by atoms with Crippen LogP contribution in [0.5, 0.6) is 11.5 Å². The van der Waals surface area contributed by atoms with Crippen molar-refractivity contribution in [2.45, 2.75) is 79.1 Å². The SMILES string of the molecule is CCCCN(CCCC)c1ccc(/C=N/N=C/c2ccc(N(CCCC)CCCC)cc2O)c(O)c1. The Morgan fingerprint density at radius 1 is 0.583 bits per heavy atom. The second kappa shape index (κ2) is 16.6. The summed E-state index contributed by atoms with van der Waals surface area (Å²) in [5.41, 5.74) is 3.30. The van der Waals surface area contributed by atoms with Crippen LogP contribution in [0, 0.1) is 0 Å². The summed E-state index contributed by atoms with van der Waals surface area (Å²) in [6, 6.07) is 11.4. The number of rotatable bonds is 17. The third-order valence-corrected chi connectivity index (χ3v) is 6.34. The minimum Gasteiger partial charge on any atom is -0.507 e. The lowest BCUT2D eigenvalue weighted by Gasteiger charge is -2.25. The summed E-state index contributed by atoms with van der Waals surface area (Å²) in [5, 5.41) is 29.3. The number of anilines is 2. The number of phenolic OH excluding ortho intramolecular Hbond substituents is 2. The predicted molar refractivity (Wildman–Crippen MR) is 155 cm³/mol. The van der Waals surface area contributed by atoms with Gasteiger partial charge in [0.25, 0.3) is 0 Å². The average molecular weight is 495 g/mol. The summed E-state index contributed by atoms with van der Waals surface area (Å²) in [5.74, 6) is 0.381. The van der Waals surface area contributed by atoms with Crippen LogP contribution in [0.15, 0.2) is 46.6 Å². The van der Waals surface area contributed by atoms with Gasteiger partial charge in [-0.05, 0) is 49.9 Å². The molecule has 0 bridgehead atoms. The van der Waals surface area contributed by atoms with E-state index < -0.39 is 0 Å². The first-order valence-corrected chi connectivity index (χ1v) is 13.8. The van der Waals surface area contributed by atoms with Crippen LogP contribution >= 0.6 is 0 Å². The molecule has 2 N–H and O–H groups in total. The number of hydrogen-bond donors (Lipinski definition) is 2. The Bertz CT molecular complexity index is 864. The summed E-state index contributed by atoms with van der Waals surface area (Å²) >= 11 is 0. The molecule has 2 aromatic carbocycles. The van der Waals surface area contributed by atoms with Crippen LogP contribution in [-0.4, -0.2) is 48.8 Å². The molecule has 0 heterocycles. The van der Waals surface area contributed by atoms with Gasteiger partial charge in [-0.25, -0.2) is 0 Å². The van der Waals surface area contributed by atoms with Crippen molar-refractivity contribution >= 4 is 23.8 Å². The fraction of sp³-hybridized carbons (Fsp3) is 0.533. The van der Waals surface area contributed by atoms with Gasteiger partial charge in [0.15, 0.2) is 0 Å². The minimum absolute atomic E-state index is 0.191. The van der Waals surface area contributed by atoms with Gasteiger partial charge in [0.05, 0.1) is 12.4 Å². The van der Waals surface area contributed by atoms with Gasteiger partial charge >= 0.3 is 0 Å². The zero-order valence-corrected chi connectivity index (χ0v) is 22.8. The van der Waals surface area contributed by atoms with Crippen LogP contribution in [0.1, 0.15) is 90.2 Å². The molecule has 2 rings (SSSR count). The van der Waals surface area contributed by atoms with E-state index in [1.165, 1.54) is 0 Å². The Labute approximate surface area is 218 Å². The average Bonchev–Trinajstić information content (AvgIpc) is 2.88. The van der Waals surface area contributed by atoms with Gasteiger partial charge < -0.3 is 20.0 Å². The van der Waals surface area contributed by atoms with Gasteiger partial charge in [-0.3, -0.25) is 0 Å². The number of phenols is 2. The van der Waals surface area contributed by atoms with Crippen LogP contribution in [-0.2, 0) is 0 Å². The summed E-state index contributed by atoms with van der Waals surface area (Å²) in [6.07, 6.45) is 12.2. The molecule has 0 saturated carbocycles. The molecule has 6 nitrogen and oxygen atoms in total. The first-order valence-electron chi connectivity index (χ1n) is 13.8. The molecule has 6 heteroatoms. The van der Waals surface area contributed by atoms with E-state index in [-0.39, 0.29) is 11.5 Å². The lowest BCUT2D eigenvalue weighted by molar-refractivity contribution is 0.473. The molecule has 0 aliphatic heterocycles. The van der Waals surface area contributed by atoms with Gasteiger partial charge in [-0.1, -0.05) is 53.4 Å². The zero-order chi connectivity index (χ0) is 26.2. The minimum atomic E-state index is 0.191. The van der Waals surface area contributed by atoms with Gasteiger partial charge in [0.2, 0.25) is 0 Å². The van der Waals surface area contributed by atoms with Crippen LogP contribution in [0.2, 0.25) is 0 Å². The van der Waals surface area contributed by atoms with Crippen molar-refractivity contribution in [2.24, 2.45) is 10.2 Å². The molecular weight excluding hydrogens is 448 g/mol. The van der Waals surface area contributed by atoms with Crippen molar-refractivity contribution in [1.82, 2.24) is 0 Å². The van der Waals surface area contributed by atoms with Crippen LogP contribution < -0.4 is 9.80 Å². The number of nitrogens with zero attached hydrogens (tertiary/aromatic N) is 4. The number of benzene rings is 2. The van der Waals surface area contributed by atoms with Gasteiger partial charge in [0, 0.05) is 60.8 Å². The summed E-state index contributed by atoms with van der Waals surface area (Å²) in [7, 11) is 0. The third kappa shape index (κ3) is 9.56. The smallest absolute Gasteiger partial charge is 0.126 e. The summed E-state index contributed by atoms with van der Waals surface area (Å²) in [4.78, 5) is 4.67. The van der Waals surface area contributed by atoms with E-state index in [2.05, 4.69) is 47.7 Å². The number of hydrogen-bond acceptors (Lipinski definition) is 6. The normalized spacial score (nSPS) is 11.6. The first-order chi connectivity index (χ1) is 17.5. The van der Waals surface area contributed by atoms with Gasteiger partial charge in [-0.2, -0.15) is 10.2 Å². The molecule has 0 spiro atoms. The Kier molecular flexibility index (Phi) is 13.5. The predicted octanol–water partition coefficient (Wildman–Crippen LogP) is 7.36. The molecule has 0 aromatic heterocycles. The quantitative estimate of drug-likeness (QED) is 0.178. The topological polar surface area (TPSA) is 71.7 Å². The Morgan fingerprint density at radius 2 is 0.917 bits per heavy atom. The maximum absolute atomic E-state index is 10.5. The van der Waals surface area contributed by atoms with E-state index >= 15 is 0 Å². The molecule has 2 aromatic rings. The fourth-order valence-electron chi connectivity index (χ4n) is 4.00. The van der Waals surface area contributed by atoms with E-state index in [4.69, 9.17) is 0 Å². The molecule has 0 aliphatic carbocycles. The fourth-order valence-corrected chi connectivity index (χ4v) is 4.00. The highest BCUT2D eigenvalue weighted by molar-refractivity contribution is 5.87. The highest BCUT2D eigenvalue weighted by atomic mass is 16.3. The van der Waals surface area contributed by atoms with Crippen LogP contribution in [0.25, 0.3) is 0 Å². The highest BCUT2D eigenvalue weighted by Crippen LogP contribution is 2.26. The maximum atomic E-state index is 10.5. The second-order valence-electron chi connectivity index (χ2n) is 9.36. The van der Waals surface area contributed by atoms with Crippen LogP contribution in [0.4, 0.5) is 11.4 Å². The van der Waals surface area contributed by atoms with E-state index in [1.807, 2.05) is 36.4 Å². The Balaban J connectivity index is 2.07. The van der Waals surface area contributed by atoms with Crippen LogP contribution in [0.3, 0.4) is 0 Å². The molecule has 0 saturated heterocycles. The third-order valence-electron chi connectivity index (χ3n) is 6.34. The lowest BCUT2D eigenvalue weighted by Crippen LogP contribution is -2.25. The molecule has 0 radical (unpaired) electrons. The molecule has 0 aliphatic rings. The molecular formula is C30H46N4O2. The summed E-state index contributed by atoms with van der Waals surface area (Å²) < 4.78 is 0. The molecule has 0 amide bonds. The van der Waals surface area contributed by atoms with E-state index in [0.717, 1.165) is 88.9 Å².